The third kappa shape index (κ3) is 4.96. The fraction of sp³-hybridized carbons (Fsp3) is 0.174. The van der Waals surface area contributed by atoms with Crippen molar-refractivity contribution in [1.29, 1.82) is 0 Å². The van der Waals surface area contributed by atoms with E-state index in [9.17, 15) is 9.90 Å². The molecule has 0 fully saturated rings. The lowest BCUT2D eigenvalue weighted by atomic mass is 9.87. The summed E-state index contributed by atoms with van der Waals surface area (Å²) >= 11 is 0. The predicted molar refractivity (Wildman–Crippen MR) is 106 cm³/mol. The van der Waals surface area contributed by atoms with E-state index in [1.54, 1.807) is 0 Å². The van der Waals surface area contributed by atoms with E-state index in [0.717, 1.165) is 22.3 Å². The molecule has 0 aliphatic heterocycles. The zero-order chi connectivity index (χ0) is 19.1. The maximum absolute atomic E-state index is 11.5. The average molecular weight is 361 g/mol. The van der Waals surface area contributed by atoms with E-state index >= 15 is 0 Å². The van der Waals surface area contributed by atoms with E-state index in [2.05, 4.69) is 0 Å². The first-order valence-corrected chi connectivity index (χ1v) is 8.93. The first-order valence-electron chi connectivity index (χ1n) is 8.93. The van der Waals surface area contributed by atoms with Gasteiger partial charge in [-0.2, -0.15) is 0 Å². The van der Waals surface area contributed by atoms with Crippen LogP contribution in [0.5, 0.6) is 5.75 Å². The van der Waals surface area contributed by atoms with Gasteiger partial charge < -0.3 is 15.6 Å². The number of ether oxygens (including phenoxy) is 1. The van der Waals surface area contributed by atoms with Crippen LogP contribution in [0.25, 0.3) is 0 Å². The van der Waals surface area contributed by atoms with Crippen molar-refractivity contribution in [3.8, 4) is 5.75 Å². The van der Waals surface area contributed by atoms with E-state index in [1.807, 2.05) is 78.9 Å². The van der Waals surface area contributed by atoms with Gasteiger partial charge in [-0.05, 0) is 22.8 Å². The molecule has 3 aromatic rings. The first kappa shape index (κ1) is 18.7. The zero-order valence-corrected chi connectivity index (χ0v) is 15.0. The van der Waals surface area contributed by atoms with Crippen LogP contribution >= 0.6 is 0 Å². The van der Waals surface area contributed by atoms with Crippen LogP contribution in [0.15, 0.2) is 78.9 Å². The lowest BCUT2D eigenvalue weighted by Gasteiger charge is -2.21. The van der Waals surface area contributed by atoms with Gasteiger partial charge in [0.05, 0.1) is 6.42 Å². The molecular weight excluding hydrogens is 338 g/mol. The molecule has 138 valence electrons. The maximum atomic E-state index is 11.5. The van der Waals surface area contributed by atoms with E-state index in [0.29, 0.717) is 18.9 Å². The lowest BCUT2D eigenvalue weighted by Crippen LogP contribution is -2.11. The summed E-state index contributed by atoms with van der Waals surface area (Å²) in [5, 5.41) is 9.47. The molecule has 4 nitrogen and oxygen atoms in total. The summed E-state index contributed by atoms with van der Waals surface area (Å²) in [6, 6.07) is 25.3. The highest BCUT2D eigenvalue weighted by Gasteiger charge is 2.22. The van der Waals surface area contributed by atoms with Crippen molar-refractivity contribution in [1.82, 2.24) is 0 Å². The van der Waals surface area contributed by atoms with Crippen molar-refractivity contribution in [3.63, 3.8) is 0 Å². The molecule has 0 saturated heterocycles. The quantitative estimate of drug-likeness (QED) is 0.626. The number of carboxylic acids is 1. The number of hydrogen-bond acceptors (Lipinski definition) is 3. The van der Waals surface area contributed by atoms with Gasteiger partial charge in [0.1, 0.15) is 12.4 Å². The van der Waals surface area contributed by atoms with Crippen molar-refractivity contribution in [2.24, 2.45) is 5.73 Å². The van der Waals surface area contributed by atoms with Gasteiger partial charge in [-0.15, -0.1) is 0 Å². The molecule has 0 aliphatic carbocycles. The van der Waals surface area contributed by atoms with Gasteiger partial charge in [0.2, 0.25) is 0 Å². The van der Waals surface area contributed by atoms with Crippen LogP contribution in [0, 0.1) is 0 Å². The molecule has 0 heterocycles. The first-order chi connectivity index (χ1) is 13.2. The van der Waals surface area contributed by atoms with Gasteiger partial charge in [0.15, 0.2) is 0 Å². The Bertz CT molecular complexity index is 879. The number of carboxylic acid groups (broad SMARTS) is 1. The van der Waals surface area contributed by atoms with E-state index in [-0.39, 0.29) is 12.3 Å². The largest absolute Gasteiger partial charge is 0.489 e. The summed E-state index contributed by atoms with van der Waals surface area (Å²) in [5.41, 5.74) is 9.61. The van der Waals surface area contributed by atoms with Crippen LogP contribution in [0.1, 0.15) is 34.6 Å². The van der Waals surface area contributed by atoms with Gasteiger partial charge in [-0.1, -0.05) is 72.8 Å². The van der Waals surface area contributed by atoms with Crippen molar-refractivity contribution >= 4 is 5.97 Å². The number of aliphatic carboxylic acids is 1. The van der Waals surface area contributed by atoms with Gasteiger partial charge in [0, 0.05) is 18.0 Å². The fourth-order valence-electron chi connectivity index (χ4n) is 3.13. The molecule has 0 aliphatic rings. The molecule has 0 spiro atoms. The Labute approximate surface area is 159 Å². The van der Waals surface area contributed by atoms with Crippen LogP contribution in [-0.2, 0) is 17.9 Å². The number of benzene rings is 3. The molecule has 0 saturated carbocycles. The Morgan fingerprint density at radius 3 is 2.22 bits per heavy atom. The molecule has 1 atom stereocenters. The lowest BCUT2D eigenvalue weighted by molar-refractivity contribution is -0.137. The van der Waals surface area contributed by atoms with Gasteiger partial charge in [-0.3, -0.25) is 4.79 Å². The van der Waals surface area contributed by atoms with Gasteiger partial charge in [-0.25, -0.2) is 0 Å². The van der Waals surface area contributed by atoms with Gasteiger partial charge >= 0.3 is 5.97 Å². The summed E-state index contributed by atoms with van der Waals surface area (Å²) in [6.45, 7) is 0.810. The standard InChI is InChI=1S/C23H23NO3/c24-15-18-11-12-22(27-16-17-7-3-1-4-8-17)21(13-18)20(14-23(25)26)19-9-5-2-6-10-19/h1-13,20H,14-16,24H2,(H,25,26). The highest BCUT2D eigenvalue weighted by Crippen LogP contribution is 2.35. The fourth-order valence-corrected chi connectivity index (χ4v) is 3.13. The Hall–Kier alpha value is -3.11. The monoisotopic (exact) mass is 361 g/mol. The summed E-state index contributed by atoms with van der Waals surface area (Å²) < 4.78 is 6.07. The van der Waals surface area contributed by atoms with Crippen LogP contribution < -0.4 is 10.5 Å². The molecule has 3 N–H and O–H groups in total. The second kappa shape index (κ2) is 9.01. The molecular formula is C23H23NO3. The number of rotatable bonds is 8. The van der Waals surface area contributed by atoms with Gasteiger partial charge in [0.25, 0.3) is 0 Å². The highest BCUT2D eigenvalue weighted by molar-refractivity contribution is 5.69. The van der Waals surface area contributed by atoms with Crippen LogP contribution in [0.3, 0.4) is 0 Å². The maximum Gasteiger partial charge on any atom is 0.304 e. The summed E-state index contributed by atoms with van der Waals surface area (Å²) in [4.78, 5) is 11.5. The molecule has 3 aromatic carbocycles. The van der Waals surface area contributed by atoms with Crippen molar-refractivity contribution in [2.45, 2.75) is 25.5 Å². The van der Waals surface area contributed by atoms with Crippen molar-refractivity contribution in [2.75, 3.05) is 0 Å². The predicted octanol–water partition coefficient (Wildman–Crippen LogP) is 4.33. The average Bonchev–Trinajstić information content (AvgIpc) is 2.72. The Morgan fingerprint density at radius 1 is 0.926 bits per heavy atom. The molecule has 27 heavy (non-hydrogen) atoms. The SMILES string of the molecule is NCc1ccc(OCc2ccccc2)c(C(CC(=O)O)c2ccccc2)c1. The molecule has 0 amide bonds. The Kier molecular flexibility index (Phi) is 6.23. The second-order valence-corrected chi connectivity index (χ2v) is 6.41. The molecule has 1 unspecified atom stereocenters. The minimum atomic E-state index is -0.851. The number of nitrogens with two attached hydrogens (primary N) is 1. The van der Waals surface area contributed by atoms with E-state index < -0.39 is 5.97 Å². The van der Waals surface area contributed by atoms with E-state index in [1.165, 1.54) is 0 Å². The molecule has 0 bridgehead atoms. The minimum absolute atomic E-state index is 0.0142. The normalized spacial score (nSPS) is 11.7. The Morgan fingerprint density at radius 2 is 1.59 bits per heavy atom. The zero-order valence-electron chi connectivity index (χ0n) is 15.0. The molecule has 0 aromatic heterocycles. The Balaban J connectivity index is 1.97. The second-order valence-electron chi connectivity index (χ2n) is 6.41. The van der Waals surface area contributed by atoms with Crippen molar-refractivity contribution < 1.29 is 14.6 Å². The summed E-state index contributed by atoms with van der Waals surface area (Å²) in [7, 11) is 0. The minimum Gasteiger partial charge on any atom is -0.489 e. The smallest absolute Gasteiger partial charge is 0.304 e. The van der Waals surface area contributed by atoms with E-state index in [4.69, 9.17) is 10.5 Å². The summed E-state index contributed by atoms with van der Waals surface area (Å²) in [6.07, 6.45) is -0.0142. The van der Waals surface area contributed by atoms with Crippen molar-refractivity contribution in [3.05, 3.63) is 101 Å². The number of hydrogen-bond donors (Lipinski definition) is 2. The summed E-state index contributed by atoms with van der Waals surface area (Å²) in [5.74, 6) is -0.469. The number of carbonyl (C=O) groups is 1. The highest BCUT2D eigenvalue weighted by atomic mass is 16.5. The molecule has 4 heteroatoms. The topological polar surface area (TPSA) is 72.5 Å². The van der Waals surface area contributed by atoms with Crippen LogP contribution in [0.2, 0.25) is 0 Å². The third-order valence-corrected chi connectivity index (χ3v) is 4.50. The third-order valence-electron chi connectivity index (χ3n) is 4.50. The van der Waals surface area contributed by atoms with Crippen LogP contribution in [0.4, 0.5) is 0 Å². The van der Waals surface area contributed by atoms with Crippen LogP contribution in [-0.4, -0.2) is 11.1 Å². The molecule has 0 radical (unpaired) electrons. The molecule has 3 rings (SSSR count).